The van der Waals surface area contributed by atoms with Crippen molar-refractivity contribution < 1.29 is 83.1 Å². The van der Waals surface area contributed by atoms with Gasteiger partial charge in [-0.3, -0.25) is 57.7 Å². The molecular formula is C49H83N13O17. The number of hydrogen-bond acceptors (Lipinski definition) is 16. The largest absolute Gasteiger partial charge is 0.481 e. The number of hydrogen-bond donors (Lipinski definition) is 15. The zero-order valence-electron chi connectivity index (χ0n) is 45.9. The Balaban J connectivity index is 2.31. The molecule has 30 nitrogen and oxygen atoms in total. The Labute approximate surface area is 457 Å². The third-order valence-electron chi connectivity index (χ3n) is 13.5. The summed E-state index contributed by atoms with van der Waals surface area (Å²) in [5.74, 6) is -14.2. The van der Waals surface area contributed by atoms with Crippen molar-refractivity contribution in [2.24, 2.45) is 39.9 Å². The van der Waals surface area contributed by atoms with Crippen molar-refractivity contribution >= 4 is 77.0 Å². The number of aliphatic hydroxyl groups excluding tert-OH is 2. The summed E-state index contributed by atoms with van der Waals surface area (Å²) in [6.07, 6.45) is -2.50. The van der Waals surface area contributed by atoms with E-state index in [0.717, 1.165) is 4.90 Å². The zero-order chi connectivity index (χ0) is 60.0. The minimum absolute atomic E-state index is 0.0262. The highest BCUT2D eigenvalue weighted by Gasteiger charge is 2.43. The van der Waals surface area contributed by atoms with E-state index in [1.807, 2.05) is 0 Å². The maximum absolute atomic E-state index is 14.4. The summed E-state index contributed by atoms with van der Waals surface area (Å²) in [6, 6.07) is -14.6. The number of carbonyl (C=O) groups is 12. The first kappa shape index (κ1) is 67.9. The quantitative estimate of drug-likeness (QED) is 0.0167. The van der Waals surface area contributed by atoms with Gasteiger partial charge in [0, 0.05) is 26.1 Å². The first-order chi connectivity index (χ1) is 36.9. The number of rotatable bonds is 33. The van der Waals surface area contributed by atoms with Crippen molar-refractivity contribution in [3.63, 3.8) is 0 Å². The second-order valence-corrected chi connectivity index (χ2v) is 20.7. The van der Waals surface area contributed by atoms with E-state index in [-0.39, 0.29) is 82.4 Å². The van der Waals surface area contributed by atoms with Gasteiger partial charge < -0.3 is 89.8 Å². The molecule has 0 aromatic heterocycles. The Morgan fingerprint density at radius 2 is 1.11 bits per heavy atom. The fraction of sp³-hybridized carbons (Fsp3) is 0.735. The van der Waals surface area contributed by atoms with Crippen LogP contribution in [0.4, 0.5) is 0 Å². The molecule has 12 atom stereocenters. The molecule has 2 fully saturated rings. The molecule has 446 valence electrons. The Kier molecular flexibility index (Phi) is 28.0. The summed E-state index contributed by atoms with van der Waals surface area (Å²) in [7, 11) is 0. The van der Waals surface area contributed by atoms with Gasteiger partial charge in [-0.05, 0) is 76.0 Å². The number of aliphatic imine (C=N–C) groups is 1. The van der Waals surface area contributed by atoms with Crippen LogP contribution in [0.15, 0.2) is 4.99 Å². The van der Waals surface area contributed by atoms with Crippen molar-refractivity contribution in [1.29, 1.82) is 0 Å². The van der Waals surface area contributed by atoms with Crippen molar-refractivity contribution in [2.75, 3.05) is 26.2 Å². The fourth-order valence-corrected chi connectivity index (χ4v) is 8.79. The molecule has 2 heterocycles. The van der Waals surface area contributed by atoms with Crippen LogP contribution in [-0.2, 0) is 57.5 Å². The van der Waals surface area contributed by atoms with Gasteiger partial charge in [-0.15, -0.1) is 0 Å². The van der Waals surface area contributed by atoms with Crippen LogP contribution in [0.25, 0.3) is 0 Å². The molecule has 18 N–H and O–H groups in total. The summed E-state index contributed by atoms with van der Waals surface area (Å²) in [5.41, 5.74) is 16.5. The molecule has 9 amide bonds. The lowest BCUT2D eigenvalue weighted by Gasteiger charge is -2.33. The predicted molar refractivity (Wildman–Crippen MR) is 280 cm³/mol. The molecule has 0 unspecified atom stereocenters. The van der Waals surface area contributed by atoms with Gasteiger partial charge in [-0.25, -0.2) is 4.79 Å². The SMILES string of the molecule is CC[C@H](C)[C@H](NC(=O)[C@H](CCC(=O)O)NC(=O)[C@@H](NC(=O)[C@@H](N)C(C)C)[C@@H](C)O)C(=O)N1CCC[C@H]1C(=O)N[C@@H](CO)C(=O)N[C@@H](CC(=O)O)C(=O)N[C@@H](CC(C)C)C(=O)N1CCC[C@H]1C(=O)N[C@@H](CCCN=C(N)N)C(=O)O. The van der Waals surface area contributed by atoms with E-state index in [2.05, 4.69) is 42.2 Å². The van der Waals surface area contributed by atoms with E-state index >= 15 is 0 Å². The summed E-state index contributed by atoms with van der Waals surface area (Å²) < 4.78 is 0. The molecule has 2 saturated heterocycles. The van der Waals surface area contributed by atoms with Crippen molar-refractivity contribution in [2.45, 2.75) is 186 Å². The topological polar surface area (TPSA) is 487 Å². The maximum Gasteiger partial charge on any atom is 0.326 e. The van der Waals surface area contributed by atoms with Gasteiger partial charge in [0.1, 0.15) is 54.4 Å². The number of nitrogens with zero attached hydrogens (tertiary/aromatic N) is 3. The minimum Gasteiger partial charge on any atom is -0.481 e. The van der Waals surface area contributed by atoms with Crippen LogP contribution >= 0.6 is 0 Å². The first-order valence-corrected chi connectivity index (χ1v) is 26.5. The third-order valence-corrected chi connectivity index (χ3v) is 13.5. The molecule has 30 heteroatoms. The average Bonchev–Trinajstić information content (AvgIpc) is 4.09. The number of guanidine groups is 1. The number of nitrogens with one attached hydrogen (secondary N) is 7. The fourth-order valence-electron chi connectivity index (χ4n) is 8.79. The molecule has 0 radical (unpaired) electrons. The lowest BCUT2D eigenvalue weighted by Crippen LogP contribution is -2.62. The van der Waals surface area contributed by atoms with Crippen LogP contribution in [0.2, 0.25) is 0 Å². The number of carboxylic acid groups (broad SMARTS) is 3. The Bertz CT molecular complexity index is 2210. The van der Waals surface area contributed by atoms with E-state index in [0.29, 0.717) is 6.42 Å². The summed E-state index contributed by atoms with van der Waals surface area (Å²) in [5, 5.41) is 66.5. The molecule has 0 spiro atoms. The average molecular weight is 1130 g/mol. The van der Waals surface area contributed by atoms with Crippen LogP contribution in [0, 0.1) is 17.8 Å². The van der Waals surface area contributed by atoms with E-state index in [9.17, 15) is 83.1 Å². The smallest absolute Gasteiger partial charge is 0.326 e. The van der Waals surface area contributed by atoms with Gasteiger partial charge in [0.15, 0.2) is 5.96 Å². The van der Waals surface area contributed by atoms with Gasteiger partial charge in [0.05, 0.1) is 25.2 Å². The van der Waals surface area contributed by atoms with Crippen molar-refractivity contribution in [3.05, 3.63) is 0 Å². The molecule has 0 bridgehead atoms. The van der Waals surface area contributed by atoms with Crippen LogP contribution in [-0.4, -0.2) is 205 Å². The number of aliphatic hydroxyl groups is 2. The first-order valence-electron chi connectivity index (χ1n) is 26.5. The van der Waals surface area contributed by atoms with Gasteiger partial charge in [0.25, 0.3) is 0 Å². The second-order valence-electron chi connectivity index (χ2n) is 20.7. The summed E-state index contributed by atoms with van der Waals surface area (Å²) >= 11 is 0. The number of carboxylic acids is 3. The minimum atomic E-state index is -1.90. The molecule has 2 aliphatic rings. The summed E-state index contributed by atoms with van der Waals surface area (Å²) in [4.78, 5) is 165. The molecule has 0 aliphatic carbocycles. The van der Waals surface area contributed by atoms with Crippen LogP contribution in [0.1, 0.15) is 119 Å². The highest BCUT2D eigenvalue weighted by atomic mass is 16.4. The number of aliphatic carboxylic acids is 3. The third kappa shape index (κ3) is 21.5. The zero-order valence-corrected chi connectivity index (χ0v) is 45.9. The number of nitrogens with two attached hydrogens (primary N) is 3. The van der Waals surface area contributed by atoms with E-state index in [4.69, 9.17) is 17.2 Å². The Morgan fingerprint density at radius 3 is 1.59 bits per heavy atom. The molecule has 0 saturated carbocycles. The van der Waals surface area contributed by atoms with Crippen LogP contribution < -0.4 is 54.4 Å². The molecule has 2 aliphatic heterocycles. The molecular weight excluding hydrogens is 1040 g/mol. The van der Waals surface area contributed by atoms with Gasteiger partial charge in [-0.2, -0.15) is 0 Å². The van der Waals surface area contributed by atoms with Crippen molar-refractivity contribution in [3.8, 4) is 0 Å². The maximum atomic E-state index is 14.4. The molecule has 2 rings (SSSR count). The Morgan fingerprint density at radius 1 is 0.608 bits per heavy atom. The van der Waals surface area contributed by atoms with Gasteiger partial charge in [-0.1, -0.05) is 48.0 Å². The lowest BCUT2D eigenvalue weighted by molar-refractivity contribution is -0.145. The highest BCUT2D eigenvalue weighted by Crippen LogP contribution is 2.24. The number of amides is 9. The Hall–Kier alpha value is -7.21. The van der Waals surface area contributed by atoms with Crippen LogP contribution in [0.3, 0.4) is 0 Å². The summed E-state index contributed by atoms with van der Waals surface area (Å²) in [6.45, 7) is 10.3. The van der Waals surface area contributed by atoms with Crippen LogP contribution in [0.5, 0.6) is 0 Å². The van der Waals surface area contributed by atoms with Gasteiger partial charge in [0.2, 0.25) is 53.2 Å². The molecule has 0 aromatic carbocycles. The molecule has 79 heavy (non-hydrogen) atoms. The van der Waals surface area contributed by atoms with E-state index < -0.39 is 169 Å². The molecule has 0 aromatic rings. The monoisotopic (exact) mass is 1130 g/mol. The van der Waals surface area contributed by atoms with E-state index in [1.165, 1.54) is 11.8 Å². The second kappa shape index (κ2) is 32.6. The normalized spacial score (nSPS) is 18.9. The lowest BCUT2D eigenvalue weighted by atomic mass is 9.96. The predicted octanol–water partition coefficient (Wildman–Crippen LogP) is -4.71. The van der Waals surface area contributed by atoms with Gasteiger partial charge >= 0.3 is 17.9 Å². The number of carbonyl (C=O) groups excluding carboxylic acids is 9. The van der Waals surface area contributed by atoms with E-state index in [1.54, 1.807) is 41.5 Å². The highest BCUT2D eigenvalue weighted by molar-refractivity contribution is 5.99. The number of likely N-dealkylation sites (tertiary alicyclic amines) is 2. The standard InChI is InChI=1S/C49H83N13O17/c1-8-25(6)37(59-39(69)27(15-16-34(65)66)54-45(75)38(26(7)64)60-44(74)36(50)24(4)5)47(77)62-19-11-14-33(62)43(73)58-31(22-63)41(71)56-29(21-35(67)68)40(70)57-30(20-23(2)3)46(76)61-18-10-13-32(61)42(72)55-28(48(78)79)12-9-17-53-49(51)52/h23-33,36-38,63-64H,8-22,50H2,1-7H3,(H,54,75)(H,55,72)(H,56,71)(H,57,70)(H,58,73)(H,59,69)(H,60,74)(H,65,66)(H,67,68)(H,78,79)(H4,51,52,53)/t25-,26+,27-,28-,29-,30-,31-,32-,33-,36-,37-,38-/m0/s1. The van der Waals surface area contributed by atoms with Crippen molar-refractivity contribution in [1.82, 2.24) is 47.0 Å².